The third-order valence-corrected chi connectivity index (χ3v) is 5.03. The third-order valence-electron chi connectivity index (χ3n) is 4.08. The van der Waals surface area contributed by atoms with Crippen LogP contribution in [0.1, 0.15) is 28.6 Å². The van der Waals surface area contributed by atoms with Gasteiger partial charge in [-0.3, -0.25) is 4.79 Å². The molecule has 5 heteroatoms. The van der Waals surface area contributed by atoms with Gasteiger partial charge in [-0.05, 0) is 29.9 Å². The number of nitrogens with two attached hydrogens (primary N) is 1. The molecule has 4 atom stereocenters. The fourth-order valence-electron chi connectivity index (χ4n) is 2.96. The molecule has 0 radical (unpaired) electrons. The minimum atomic E-state index is -0.0168. The quantitative estimate of drug-likeness (QED) is 0.862. The van der Waals surface area contributed by atoms with Crippen molar-refractivity contribution in [1.29, 1.82) is 0 Å². The van der Waals surface area contributed by atoms with Crippen LogP contribution in [0.3, 0.4) is 0 Å². The lowest BCUT2D eigenvalue weighted by Gasteiger charge is -2.45. The number of thiophene rings is 1. The van der Waals surface area contributed by atoms with Crippen LogP contribution >= 0.6 is 11.3 Å². The van der Waals surface area contributed by atoms with Crippen LogP contribution in [-0.4, -0.2) is 30.7 Å². The second-order valence-electron chi connectivity index (χ2n) is 4.99. The predicted octanol–water partition coefficient (Wildman–Crippen LogP) is 1.15. The van der Waals surface area contributed by atoms with E-state index in [9.17, 15) is 4.79 Å². The summed E-state index contributed by atoms with van der Waals surface area (Å²) in [5, 5.41) is 5.00. The number of hydrogen-bond donors (Lipinski definition) is 2. The first-order valence-electron chi connectivity index (χ1n) is 6.46. The number of carbonyl (C=O) groups is 1. The summed E-state index contributed by atoms with van der Waals surface area (Å²) < 4.78 is 5.62. The Balaban J connectivity index is 1.68. The van der Waals surface area contributed by atoms with Crippen molar-refractivity contribution in [2.45, 2.75) is 38.0 Å². The SMILES string of the molecule is CCc1ccsc1C(=O)NC1C(N)C2CCOC21. The van der Waals surface area contributed by atoms with Gasteiger partial charge in [-0.2, -0.15) is 0 Å². The normalized spacial score (nSPS) is 33.9. The molecule has 1 aromatic heterocycles. The van der Waals surface area contributed by atoms with E-state index in [0.29, 0.717) is 5.92 Å². The molecule has 98 valence electrons. The topological polar surface area (TPSA) is 64.4 Å². The first-order valence-corrected chi connectivity index (χ1v) is 7.34. The highest BCUT2D eigenvalue weighted by atomic mass is 32.1. The van der Waals surface area contributed by atoms with Gasteiger partial charge in [0.05, 0.1) is 17.0 Å². The summed E-state index contributed by atoms with van der Waals surface area (Å²) in [6.45, 7) is 2.83. The number of amides is 1. The van der Waals surface area contributed by atoms with E-state index in [2.05, 4.69) is 12.2 Å². The Labute approximate surface area is 111 Å². The largest absolute Gasteiger partial charge is 0.376 e. The van der Waals surface area contributed by atoms with Crippen LogP contribution in [0.4, 0.5) is 0 Å². The highest BCUT2D eigenvalue weighted by molar-refractivity contribution is 7.12. The molecule has 1 amide bonds. The first-order chi connectivity index (χ1) is 8.72. The Hall–Kier alpha value is -0.910. The second-order valence-corrected chi connectivity index (χ2v) is 5.91. The molecule has 1 saturated heterocycles. The van der Waals surface area contributed by atoms with Crippen LogP contribution in [0.15, 0.2) is 11.4 Å². The van der Waals surface area contributed by atoms with E-state index >= 15 is 0 Å². The molecule has 0 bridgehead atoms. The van der Waals surface area contributed by atoms with E-state index in [1.807, 2.05) is 11.4 Å². The van der Waals surface area contributed by atoms with Crippen LogP contribution < -0.4 is 11.1 Å². The molecule has 1 saturated carbocycles. The number of hydrogen-bond acceptors (Lipinski definition) is 4. The molecule has 18 heavy (non-hydrogen) atoms. The van der Waals surface area contributed by atoms with E-state index in [1.54, 1.807) is 0 Å². The molecule has 2 aliphatic rings. The van der Waals surface area contributed by atoms with Crippen molar-refractivity contribution in [3.63, 3.8) is 0 Å². The Morgan fingerprint density at radius 1 is 1.67 bits per heavy atom. The number of fused-ring (bicyclic) bond motifs is 1. The molecule has 4 unspecified atom stereocenters. The molecule has 3 N–H and O–H groups in total. The first kappa shape index (κ1) is 12.1. The minimum Gasteiger partial charge on any atom is -0.376 e. The fourth-order valence-corrected chi connectivity index (χ4v) is 3.86. The third kappa shape index (κ3) is 1.77. The molecule has 2 heterocycles. The van der Waals surface area contributed by atoms with Gasteiger partial charge >= 0.3 is 0 Å². The van der Waals surface area contributed by atoms with Crippen molar-refractivity contribution in [3.8, 4) is 0 Å². The van der Waals surface area contributed by atoms with Gasteiger partial charge in [-0.1, -0.05) is 6.92 Å². The Morgan fingerprint density at radius 3 is 3.28 bits per heavy atom. The molecule has 1 aliphatic heterocycles. The van der Waals surface area contributed by atoms with Crippen LogP contribution in [0.2, 0.25) is 0 Å². The summed E-state index contributed by atoms with van der Waals surface area (Å²) in [7, 11) is 0. The summed E-state index contributed by atoms with van der Waals surface area (Å²) in [4.78, 5) is 13.0. The lowest BCUT2D eigenvalue weighted by Crippen LogP contribution is -2.68. The summed E-state index contributed by atoms with van der Waals surface area (Å²) in [6.07, 6.45) is 2.04. The molecular formula is C13H18N2O2S. The van der Waals surface area contributed by atoms with E-state index in [0.717, 1.165) is 29.9 Å². The molecule has 1 aromatic rings. The van der Waals surface area contributed by atoms with E-state index in [1.165, 1.54) is 11.3 Å². The number of aryl methyl sites for hydroxylation is 1. The number of nitrogens with one attached hydrogen (secondary N) is 1. The molecule has 1 aliphatic carbocycles. The lowest BCUT2D eigenvalue weighted by molar-refractivity contribution is -0.0160. The van der Waals surface area contributed by atoms with Gasteiger partial charge in [0, 0.05) is 18.6 Å². The number of carbonyl (C=O) groups excluding carboxylic acids is 1. The average molecular weight is 266 g/mol. The maximum Gasteiger partial charge on any atom is 0.261 e. The Kier molecular flexibility index (Phi) is 3.13. The van der Waals surface area contributed by atoms with Crippen molar-refractivity contribution in [1.82, 2.24) is 5.32 Å². The van der Waals surface area contributed by atoms with Crippen molar-refractivity contribution in [2.75, 3.05) is 6.61 Å². The van der Waals surface area contributed by atoms with E-state index < -0.39 is 0 Å². The molecule has 0 spiro atoms. The number of rotatable bonds is 3. The standard InChI is InChI=1S/C13H18N2O2S/c1-2-7-4-6-18-12(7)13(16)15-10-9(14)8-3-5-17-11(8)10/h4,6,8-11H,2-3,5,14H2,1H3,(H,15,16). The molecule has 0 aromatic carbocycles. The maximum absolute atomic E-state index is 12.2. The fraction of sp³-hybridized carbons (Fsp3) is 0.615. The minimum absolute atomic E-state index is 0.00347. The van der Waals surface area contributed by atoms with Crippen LogP contribution in [0, 0.1) is 5.92 Å². The summed E-state index contributed by atoms with van der Waals surface area (Å²) in [6, 6.07) is 2.04. The van der Waals surface area contributed by atoms with E-state index in [4.69, 9.17) is 10.5 Å². The predicted molar refractivity (Wildman–Crippen MR) is 70.8 cm³/mol. The maximum atomic E-state index is 12.2. The Morgan fingerprint density at radius 2 is 2.50 bits per heavy atom. The van der Waals surface area contributed by atoms with E-state index in [-0.39, 0.29) is 24.1 Å². The molecular weight excluding hydrogens is 248 g/mol. The van der Waals surface area contributed by atoms with Gasteiger partial charge in [0.2, 0.25) is 0 Å². The Bertz CT molecular complexity index is 460. The zero-order chi connectivity index (χ0) is 12.7. The lowest BCUT2D eigenvalue weighted by atomic mass is 9.72. The van der Waals surface area contributed by atoms with Crippen LogP contribution in [0.5, 0.6) is 0 Å². The van der Waals surface area contributed by atoms with Crippen molar-refractivity contribution in [3.05, 3.63) is 21.9 Å². The zero-order valence-corrected chi connectivity index (χ0v) is 11.2. The second kappa shape index (κ2) is 4.64. The van der Waals surface area contributed by atoms with Gasteiger partial charge in [0.25, 0.3) is 5.91 Å². The summed E-state index contributed by atoms with van der Waals surface area (Å²) in [5.41, 5.74) is 7.19. The van der Waals surface area contributed by atoms with Gasteiger partial charge in [-0.15, -0.1) is 11.3 Å². The van der Waals surface area contributed by atoms with Crippen molar-refractivity contribution < 1.29 is 9.53 Å². The van der Waals surface area contributed by atoms with Crippen molar-refractivity contribution >= 4 is 17.2 Å². The highest BCUT2D eigenvalue weighted by Gasteiger charge is 2.52. The average Bonchev–Trinajstić information content (AvgIpc) is 3.01. The van der Waals surface area contributed by atoms with Crippen molar-refractivity contribution in [2.24, 2.45) is 11.7 Å². The zero-order valence-electron chi connectivity index (χ0n) is 10.4. The van der Waals surface area contributed by atoms with Gasteiger partial charge in [0.1, 0.15) is 0 Å². The molecule has 3 rings (SSSR count). The summed E-state index contributed by atoms with van der Waals surface area (Å²) >= 11 is 1.49. The molecule has 4 nitrogen and oxygen atoms in total. The monoisotopic (exact) mass is 266 g/mol. The number of ether oxygens (including phenoxy) is 1. The molecule has 2 fully saturated rings. The van der Waals surface area contributed by atoms with Gasteiger partial charge in [-0.25, -0.2) is 0 Å². The smallest absolute Gasteiger partial charge is 0.261 e. The van der Waals surface area contributed by atoms with Crippen LogP contribution in [0.25, 0.3) is 0 Å². The van der Waals surface area contributed by atoms with Crippen LogP contribution in [-0.2, 0) is 11.2 Å². The van der Waals surface area contributed by atoms with Gasteiger partial charge < -0.3 is 15.8 Å². The van der Waals surface area contributed by atoms with Gasteiger partial charge in [0.15, 0.2) is 0 Å². The summed E-state index contributed by atoms with van der Waals surface area (Å²) in [5.74, 6) is 0.431. The highest BCUT2D eigenvalue weighted by Crippen LogP contribution is 2.38.